The van der Waals surface area contributed by atoms with Crippen LogP contribution in [-0.4, -0.2) is 147 Å². The van der Waals surface area contributed by atoms with Crippen molar-refractivity contribution in [2.45, 2.75) is 77.9 Å². The summed E-state index contributed by atoms with van der Waals surface area (Å²) < 4.78 is 61.2. The fraction of sp³-hybridized carbons (Fsp3) is 1.00. The van der Waals surface area contributed by atoms with Gasteiger partial charge in [0.2, 0.25) is 0 Å². The maximum Gasteiger partial charge on any atom is 0.192 e. The van der Waals surface area contributed by atoms with Crippen LogP contribution in [0.2, 0.25) is 18.1 Å². The van der Waals surface area contributed by atoms with E-state index in [4.69, 9.17) is 51.8 Å². The van der Waals surface area contributed by atoms with Crippen molar-refractivity contribution in [3.05, 3.63) is 0 Å². The van der Waals surface area contributed by atoms with E-state index in [1.54, 1.807) is 0 Å². The molecule has 0 heterocycles. The van der Waals surface area contributed by atoms with Crippen LogP contribution in [0.25, 0.3) is 0 Å². The van der Waals surface area contributed by atoms with Gasteiger partial charge in [-0.15, -0.1) is 0 Å². The van der Waals surface area contributed by atoms with Gasteiger partial charge in [0.05, 0.1) is 132 Å². The average Bonchev–Trinajstić information content (AvgIpc) is 3.00. The van der Waals surface area contributed by atoms with Gasteiger partial charge in [0.15, 0.2) is 8.32 Å². The van der Waals surface area contributed by atoms with Gasteiger partial charge in [-0.1, -0.05) is 53.4 Å². The first-order chi connectivity index (χ1) is 21.8. The molecule has 0 aliphatic heterocycles. The van der Waals surface area contributed by atoms with E-state index in [0.29, 0.717) is 132 Å². The second-order valence-electron chi connectivity index (χ2n) is 12.1. The van der Waals surface area contributed by atoms with Crippen LogP contribution in [0.15, 0.2) is 0 Å². The first-order valence-corrected chi connectivity index (χ1v) is 20.1. The van der Waals surface area contributed by atoms with E-state index in [1.807, 2.05) is 0 Å². The van der Waals surface area contributed by atoms with Crippen LogP contribution in [0.4, 0.5) is 0 Å². The molecule has 0 aromatic rings. The van der Waals surface area contributed by atoms with E-state index in [1.165, 1.54) is 25.7 Å². The Kier molecular flexibility index (Phi) is 33.5. The molecule has 45 heavy (non-hydrogen) atoms. The van der Waals surface area contributed by atoms with Gasteiger partial charge in [0.25, 0.3) is 0 Å². The van der Waals surface area contributed by atoms with Crippen molar-refractivity contribution >= 4 is 8.32 Å². The highest BCUT2D eigenvalue weighted by Crippen LogP contribution is 2.36. The average molecular weight is 671 g/mol. The maximum atomic E-state index is 6.08. The normalized spacial score (nSPS) is 12.4. The molecule has 0 saturated carbocycles. The van der Waals surface area contributed by atoms with Crippen LogP contribution >= 0.6 is 0 Å². The van der Waals surface area contributed by atoms with E-state index in [-0.39, 0.29) is 5.04 Å². The second kappa shape index (κ2) is 33.7. The monoisotopic (exact) mass is 670 g/mol. The molecule has 12 heteroatoms. The lowest BCUT2D eigenvalue weighted by atomic mass is 10.2. The molecule has 0 radical (unpaired) electrons. The highest BCUT2D eigenvalue weighted by atomic mass is 28.4. The summed E-state index contributed by atoms with van der Waals surface area (Å²) in [7, 11) is -1.69. The summed E-state index contributed by atoms with van der Waals surface area (Å²) in [6.45, 7) is 25.4. The Morgan fingerprint density at radius 2 is 0.578 bits per heavy atom. The lowest BCUT2D eigenvalue weighted by Crippen LogP contribution is -2.41. The Bertz CT molecular complexity index is 579. The molecule has 0 atom stereocenters. The zero-order valence-corrected chi connectivity index (χ0v) is 30.9. The molecule has 11 nitrogen and oxygen atoms in total. The van der Waals surface area contributed by atoms with Gasteiger partial charge in [0.1, 0.15) is 0 Å². The summed E-state index contributed by atoms with van der Waals surface area (Å²) in [6, 6.07) is 0. The van der Waals surface area contributed by atoms with Crippen LogP contribution in [0.3, 0.4) is 0 Å². The summed E-state index contributed by atoms with van der Waals surface area (Å²) in [4.78, 5) is 0. The van der Waals surface area contributed by atoms with E-state index in [9.17, 15) is 0 Å². The van der Waals surface area contributed by atoms with Crippen molar-refractivity contribution in [2.75, 3.05) is 139 Å². The second-order valence-corrected chi connectivity index (χ2v) is 17.0. The first-order valence-electron chi connectivity index (χ1n) is 17.2. The third-order valence-electron chi connectivity index (χ3n) is 7.24. The molecule has 0 aromatic carbocycles. The summed E-state index contributed by atoms with van der Waals surface area (Å²) in [5.74, 6) is 0. The molecule has 0 aromatic heterocycles. The molecule has 0 N–H and O–H groups in total. The molecule has 0 bridgehead atoms. The van der Waals surface area contributed by atoms with Gasteiger partial charge in [-0.2, -0.15) is 0 Å². The molecular formula is C33H70O11Si. The van der Waals surface area contributed by atoms with Gasteiger partial charge < -0.3 is 51.8 Å². The summed E-state index contributed by atoms with van der Waals surface area (Å²) >= 11 is 0. The number of rotatable bonds is 37. The summed E-state index contributed by atoms with van der Waals surface area (Å²) in [5.41, 5.74) is 0. The lowest BCUT2D eigenvalue weighted by molar-refractivity contribution is -0.0267. The predicted octanol–water partition coefficient (Wildman–Crippen LogP) is 5.14. The number of unbranched alkanes of at least 4 members (excludes halogenated alkanes) is 4. The topological polar surface area (TPSA) is 102 Å². The molecule has 0 aliphatic rings. The third-order valence-corrected chi connectivity index (χ3v) is 11.8. The third kappa shape index (κ3) is 33.5. The van der Waals surface area contributed by atoms with Crippen LogP contribution in [0, 0.1) is 0 Å². The highest BCUT2D eigenvalue weighted by Gasteiger charge is 2.36. The van der Waals surface area contributed by atoms with E-state index in [0.717, 1.165) is 13.0 Å². The van der Waals surface area contributed by atoms with Gasteiger partial charge in [-0.05, 0) is 24.6 Å². The quantitative estimate of drug-likeness (QED) is 0.0649. The SMILES string of the molecule is CCCCCCCOCCOCCOCCOCCOCCOCCOCCOCCOCCOCCO[Si](C)(C)C(C)(C)C. The van der Waals surface area contributed by atoms with Gasteiger partial charge in [0, 0.05) is 6.61 Å². The first kappa shape index (κ1) is 44.8. The lowest BCUT2D eigenvalue weighted by Gasteiger charge is -2.36. The summed E-state index contributed by atoms with van der Waals surface area (Å²) in [6.07, 6.45) is 6.29. The molecular weight excluding hydrogens is 600 g/mol. The van der Waals surface area contributed by atoms with Crippen molar-refractivity contribution in [1.29, 1.82) is 0 Å². The van der Waals surface area contributed by atoms with Crippen LogP contribution in [0.5, 0.6) is 0 Å². The minimum absolute atomic E-state index is 0.221. The van der Waals surface area contributed by atoms with Crippen molar-refractivity contribution < 1.29 is 51.8 Å². The largest absolute Gasteiger partial charge is 0.414 e. The molecule has 0 aliphatic carbocycles. The van der Waals surface area contributed by atoms with Gasteiger partial charge in [-0.3, -0.25) is 0 Å². The number of hydrogen-bond acceptors (Lipinski definition) is 11. The standard InChI is InChI=1S/C33H70O11Si/c1-7-8-9-10-11-12-34-13-14-35-15-16-36-17-18-37-19-20-38-21-22-39-23-24-40-25-26-41-27-28-42-29-30-43-31-32-44-45(5,6)33(2,3)4/h7-32H2,1-6H3. The zero-order chi connectivity index (χ0) is 33.2. The molecule has 0 unspecified atom stereocenters. The molecule has 0 amide bonds. The van der Waals surface area contributed by atoms with Crippen molar-refractivity contribution in [3.8, 4) is 0 Å². The van der Waals surface area contributed by atoms with E-state index >= 15 is 0 Å². The Morgan fingerprint density at radius 1 is 0.333 bits per heavy atom. The van der Waals surface area contributed by atoms with E-state index in [2.05, 4.69) is 40.8 Å². The molecule has 272 valence electrons. The zero-order valence-electron chi connectivity index (χ0n) is 29.9. The van der Waals surface area contributed by atoms with Crippen LogP contribution < -0.4 is 0 Å². The van der Waals surface area contributed by atoms with Crippen molar-refractivity contribution in [2.24, 2.45) is 0 Å². The van der Waals surface area contributed by atoms with Gasteiger partial charge >= 0.3 is 0 Å². The minimum Gasteiger partial charge on any atom is -0.414 e. The summed E-state index contributed by atoms with van der Waals surface area (Å²) in [5, 5.41) is 0.221. The fourth-order valence-corrected chi connectivity index (χ4v) is 4.49. The number of ether oxygens (including phenoxy) is 10. The Morgan fingerprint density at radius 3 is 0.844 bits per heavy atom. The maximum absolute atomic E-state index is 6.08. The predicted molar refractivity (Wildman–Crippen MR) is 180 cm³/mol. The van der Waals surface area contributed by atoms with Crippen molar-refractivity contribution in [1.82, 2.24) is 0 Å². The molecule has 0 spiro atoms. The van der Waals surface area contributed by atoms with Crippen LogP contribution in [-0.2, 0) is 51.8 Å². The minimum atomic E-state index is -1.69. The molecule has 0 rings (SSSR count). The molecule has 0 saturated heterocycles. The fourth-order valence-electron chi connectivity index (χ4n) is 3.46. The van der Waals surface area contributed by atoms with Gasteiger partial charge in [-0.25, -0.2) is 0 Å². The molecule has 0 fully saturated rings. The Balaban J connectivity index is 3.11. The Labute approximate surface area is 276 Å². The highest BCUT2D eigenvalue weighted by molar-refractivity contribution is 6.74. The van der Waals surface area contributed by atoms with E-state index < -0.39 is 8.32 Å². The van der Waals surface area contributed by atoms with Crippen molar-refractivity contribution in [3.63, 3.8) is 0 Å². The van der Waals surface area contributed by atoms with Crippen LogP contribution in [0.1, 0.15) is 59.8 Å². The number of hydrogen-bond donors (Lipinski definition) is 0. The Hall–Kier alpha value is -0.223. The smallest absolute Gasteiger partial charge is 0.192 e.